The van der Waals surface area contributed by atoms with E-state index in [2.05, 4.69) is 24.2 Å². The monoisotopic (exact) mass is 240 g/mol. The second kappa shape index (κ2) is 8.51. The smallest absolute Gasteiger partial charge is 0.221 e. The van der Waals surface area contributed by atoms with Crippen molar-refractivity contribution in [3.63, 3.8) is 0 Å². The van der Waals surface area contributed by atoms with Gasteiger partial charge in [-0.2, -0.15) is 0 Å². The lowest BCUT2D eigenvalue weighted by Crippen LogP contribution is -2.37. The van der Waals surface area contributed by atoms with Gasteiger partial charge in [0.25, 0.3) is 0 Å². The van der Waals surface area contributed by atoms with E-state index in [1.54, 1.807) is 0 Å². The fourth-order valence-electron chi connectivity index (χ4n) is 2.38. The maximum Gasteiger partial charge on any atom is 0.221 e. The zero-order chi connectivity index (χ0) is 12.5. The molecule has 0 aromatic rings. The number of amides is 1. The molecule has 1 saturated carbocycles. The van der Waals surface area contributed by atoms with Crippen LogP contribution in [0.5, 0.6) is 0 Å². The molecule has 3 nitrogen and oxygen atoms in total. The Balaban J connectivity index is 2.07. The first kappa shape index (κ1) is 14.5. The standard InChI is InChI=1S/C14H28N2O/c1-3-4-11-16(2)12-10-14(17)15-13-8-6-5-7-9-13/h13H,3-12H2,1-2H3,(H,15,17). The Morgan fingerprint density at radius 2 is 1.94 bits per heavy atom. The summed E-state index contributed by atoms with van der Waals surface area (Å²) < 4.78 is 0. The summed E-state index contributed by atoms with van der Waals surface area (Å²) in [5.41, 5.74) is 0. The molecule has 0 aromatic carbocycles. The van der Waals surface area contributed by atoms with Gasteiger partial charge < -0.3 is 10.2 Å². The molecule has 1 rings (SSSR count). The highest BCUT2D eigenvalue weighted by Crippen LogP contribution is 2.17. The van der Waals surface area contributed by atoms with Crippen molar-refractivity contribution in [3.8, 4) is 0 Å². The van der Waals surface area contributed by atoms with Gasteiger partial charge in [-0.3, -0.25) is 4.79 Å². The number of rotatable bonds is 7. The van der Waals surface area contributed by atoms with Crippen LogP contribution in [0.1, 0.15) is 58.3 Å². The van der Waals surface area contributed by atoms with Gasteiger partial charge in [-0.1, -0.05) is 32.6 Å². The zero-order valence-corrected chi connectivity index (χ0v) is 11.5. The van der Waals surface area contributed by atoms with Crippen LogP contribution in [-0.4, -0.2) is 37.0 Å². The summed E-state index contributed by atoms with van der Waals surface area (Å²) >= 11 is 0. The van der Waals surface area contributed by atoms with Crippen molar-refractivity contribution < 1.29 is 4.79 Å². The minimum Gasteiger partial charge on any atom is -0.353 e. The molecule has 1 aliphatic carbocycles. The van der Waals surface area contributed by atoms with Crippen LogP contribution < -0.4 is 5.32 Å². The van der Waals surface area contributed by atoms with Crippen molar-refractivity contribution in [2.24, 2.45) is 0 Å². The quantitative estimate of drug-likeness (QED) is 0.742. The fraction of sp³-hybridized carbons (Fsp3) is 0.929. The van der Waals surface area contributed by atoms with E-state index in [1.165, 1.54) is 44.9 Å². The second-order valence-electron chi connectivity index (χ2n) is 5.31. The molecule has 0 unspecified atom stereocenters. The Kier molecular flexibility index (Phi) is 7.25. The van der Waals surface area contributed by atoms with Gasteiger partial charge in [-0.25, -0.2) is 0 Å². The van der Waals surface area contributed by atoms with E-state index in [0.29, 0.717) is 12.5 Å². The van der Waals surface area contributed by atoms with E-state index in [1.807, 2.05) is 0 Å². The average Bonchev–Trinajstić information content (AvgIpc) is 2.35. The molecule has 1 aliphatic rings. The highest BCUT2D eigenvalue weighted by molar-refractivity contribution is 5.76. The molecular formula is C14H28N2O. The van der Waals surface area contributed by atoms with Crippen molar-refractivity contribution in [2.75, 3.05) is 20.1 Å². The molecule has 1 N–H and O–H groups in total. The van der Waals surface area contributed by atoms with E-state index in [4.69, 9.17) is 0 Å². The van der Waals surface area contributed by atoms with Crippen LogP contribution in [0.25, 0.3) is 0 Å². The summed E-state index contributed by atoms with van der Waals surface area (Å²) in [4.78, 5) is 14.0. The summed E-state index contributed by atoms with van der Waals surface area (Å²) in [7, 11) is 2.10. The maximum atomic E-state index is 11.8. The first-order chi connectivity index (χ1) is 8.22. The van der Waals surface area contributed by atoms with Crippen molar-refractivity contribution in [1.82, 2.24) is 10.2 Å². The van der Waals surface area contributed by atoms with E-state index in [-0.39, 0.29) is 5.91 Å². The van der Waals surface area contributed by atoms with E-state index < -0.39 is 0 Å². The maximum absolute atomic E-state index is 11.8. The molecule has 17 heavy (non-hydrogen) atoms. The number of carbonyl (C=O) groups is 1. The third-order valence-corrected chi connectivity index (χ3v) is 3.58. The van der Waals surface area contributed by atoms with E-state index in [9.17, 15) is 4.79 Å². The first-order valence-corrected chi connectivity index (χ1v) is 7.20. The molecule has 0 aliphatic heterocycles. The molecule has 0 heterocycles. The third kappa shape index (κ3) is 6.67. The van der Waals surface area contributed by atoms with Crippen molar-refractivity contribution in [2.45, 2.75) is 64.3 Å². The van der Waals surface area contributed by atoms with Crippen LogP contribution in [-0.2, 0) is 4.79 Å². The molecule has 3 heteroatoms. The van der Waals surface area contributed by atoms with Gasteiger partial charge in [-0.15, -0.1) is 0 Å². The molecule has 100 valence electrons. The summed E-state index contributed by atoms with van der Waals surface area (Å²) in [5, 5.41) is 3.16. The van der Waals surface area contributed by atoms with Crippen molar-refractivity contribution in [1.29, 1.82) is 0 Å². The molecular weight excluding hydrogens is 212 g/mol. The minimum atomic E-state index is 0.236. The lowest BCUT2D eigenvalue weighted by Gasteiger charge is -2.23. The van der Waals surface area contributed by atoms with Gasteiger partial charge in [0, 0.05) is 19.0 Å². The van der Waals surface area contributed by atoms with E-state index in [0.717, 1.165) is 13.1 Å². The summed E-state index contributed by atoms with van der Waals surface area (Å²) in [6, 6.07) is 0.456. The lowest BCUT2D eigenvalue weighted by atomic mass is 9.95. The molecule has 1 amide bonds. The van der Waals surface area contributed by atoms with Crippen LogP contribution in [0.4, 0.5) is 0 Å². The van der Waals surface area contributed by atoms with E-state index >= 15 is 0 Å². The van der Waals surface area contributed by atoms with Crippen LogP contribution in [0.3, 0.4) is 0 Å². The topological polar surface area (TPSA) is 32.3 Å². The zero-order valence-electron chi connectivity index (χ0n) is 11.5. The Hall–Kier alpha value is -0.570. The Bertz CT molecular complexity index is 212. The van der Waals surface area contributed by atoms with Gasteiger partial charge >= 0.3 is 0 Å². The molecule has 0 spiro atoms. The van der Waals surface area contributed by atoms with Crippen molar-refractivity contribution in [3.05, 3.63) is 0 Å². The number of hydrogen-bond acceptors (Lipinski definition) is 2. The molecule has 0 atom stereocenters. The first-order valence-electron chi connectivity index (χ1n) is 7.20. The second-order valence-corrected chi connectivity index (χ2v) is 5.31. The molecule has 0 bridgehead atoms. The summed E-state index contributed by atoms with van der Waals surface area (Å²) in [5.74, 6) is 0.236. The van der Waals surface area contributed by atoms with Gasteiger partial charge in [0.2, 0.25) is 5.91 Å². The lowest BCUT2D eigenvalue weighted by molar-refractivity contribution is -0.122. The van der Waals surface area contributed by atoms with Crippen molar-refractivity contribution >= 4 is 5.91 Å². The number of nitrogens with zero attached hydrogens (tertiary/aromatic N) is 1. The largest absolute Gasteiger partial charge is 0.353 e. The average molecular weight is 240 g/mol. The summed E-state index contributed by atoms with van der Waals surface area (Å²) in [6.45, 7) is 4.19. The summed E-state index contributed by atoms with van der Waals surface area (Å²) in [6.07, 6.45) is 9.35. The highest BCUT2D eigenvalue weighted by atomic mass is 16.1. The minimum absolute atomic E-state index is 0.236. The Morgan fingerprint density at radius 1 is 1.24 bits per heavy atom. The van der Waals surface area contributed by atoms with Gasteiger partial charge in [0.15, 0.2) is 0 Å². The predicted molar refractivity (Wildman–Crippen MR) is 72.0 cm³/mol. The number of carbonyl (C=O) groups excluding carboxylic acids is 1. The van der Waals surface area contributed by atoms with Gasteiger partial charge in [0.1, 0.15) is 0 Å². The number of hydrogen-bond donors (Lipinski definition) is 1. The molecule has 0 saturated heterocycles. The Labute approximate surface area is 106 Å². The molecule has 1 fully saturated rings. The Morgan fingerprint density at radius 3 is 2.59 bits per heavy atom. The third-order valence-electron chi connectivity index (χ3n) is 3.58. The van der Waals surface area contributed by atoms with Crippen LogP contribution in [0.15, 0.2) is 0 Å². The van der Waals surface area contributed by atoms with Crippen LogP contribution in [0.2, 0.25) is 0 Å². The fourth-order valence-corrected chi connectivity index (χ4v) is 2.38. The number of nitrogens with one attached hydrogen (secondary N) is 1. The predicted octanol–water partition coefficient (Wildman–Crippen LogP) is 2.56. The molecule has 0 aromatic heterocycles. The molecule has 0 radical (unpaired) electrons. The number of unbranched alkanes of at least 4 members (excludes halogenated alkanes) is 1. The normalized spacial score (nSPS) is 17.4. The van der Waals surface area contributed by atoms with Crippen LogP contribution >= 0.6 is 0 Å². The van der Waals surface area contributed by atoms with Gasteiger partial charge in [-0.05, 0) is 32.9 Å². The van der Waals surface area contributed by atoms with Gasteiger partial charge in [0.05, 0.1) is 0 Å². The van der Waals surface area contributed by atoms with Crippen LogP contribution in [0, 0.1) is 0 Å². The highest BCUT2D eigenvalue weighted by Gasteiger charge is 2.15. The SMILES string of the molecule is CCCCN(C)CCC(=O)NC1CCCCC1.